The van der Waals surface area contributed by atoms with E-state index in [0.29, 0.717) is 0 Å². The average Bonchev–Trinajstić information content (AvgIpc) is 4.01. The Bertz CT molecular complexity index is 3920. The van der Waals surface area contributed by atoms with Crippen molar-refractivity contribution in [3.63, 3.8) is 0 Å². The summed E-state index contributed by atoms with van der Waals surface area (Å²) < 4.78 is 2.72. The summed E-state index contributed by atoms with van der Waals surface area (Å²) in [6, 6.07) is 68.7. The molecule has 4 aliphatic rings. The number of hydrogen-bond donors (Lipinski definition) is 0. The molecule has 354 valence electrons. The van der Waals surface area contributed by atoms with Crippen molar-refractivity contribution in [3.05, 3.63) is 232 Å². The van der Waals surface area contributed by atoms with Crippen LogP contribution >= 0.6 is 11.3 Å². The monoisotopic (exact) mass is 958 g/mol. The zero-order valence-electron chi connectivity index (χ0n) is 43.6. The summed E-state index contributed by atoms with van der Waals surface area (Å²) in [6.07, 6.45) is 0. The van der Waals surface area contributed by atoms with Gasteiger partial charge < -0.3 is 9.80 Å². The first-order valence-corrected chi connectivity index (χ1v) is 27.0. The summed E-state index contributed by atoms with van der Waals surface area (Å²) in [5, 5.41) is 1.31. The van der Waals surface area contributed by atoms with Crippen molar-refractivity contribution >= 4 is 78.0 Å². The van der Waals surface area contributed by atoms with E-state index in [4.69, 9.17) is 0 Å². The standard InChI is InChI=1S/C69H59BN2S/c1-40-22-32-51-52-38-53-62(39-57(52)69(56(51)34-40)54-20-13-11-18-49(54)50-19-12-14-21-55(50)69)73-66-65(53)72(48-30-26-46(27-31-48)68(8,9)10)61-36-41(2)35-60-64(61)70(66)58-33-23-44(63-42(3)16-15-17-43(63)4)37-59(58)71(60)47-28-24-45(25-29-47)67(5,6)7/h11-39H,1-10H3. The first-order valence-electron chi connectivity index (χ1n) is 26.2. The molecule has 0 N–H and O–H groups in total. The summed E-state index contributed by atoms with van der Waals surface area (Å²) in [5.41, 5.74) is 31.0. The van der Waals surface area contributed by atoms with Crippen LogP contribution in [0.25, 0.3) is 43.5 Å². The second kappa shape index (κ2) is 15.3. The predicted molar refractivity (Wildman–Crippen MR) is 314 cm³/mol. The van der Waals surface area contributed by atoms with Crippen molar-refractivity contribution in [1.29, 1.82) is 0 Å². The number of benzene rings is 9. The van der Waals surface area contributed by atoms with E-state index >= 15 is 0 Å². The molecule has 9 aromatic carbocycles. The fraction of sp³-hybridized carbons (Fsp3) is 0.188. The minimum Gasteiger partial charge on any atom is -0.311 e. The van der Waals surface area contributed by atoms with Crippen molar-refractivity contribution in [1.82, 2.24) is 0 Å². The highest BCUT2D eigenvalue weighted by Gasteiger charge is 2.53. The number of rotatable bonds is 3. The van der Waals surface area contributed by atoms with Crippen LogP contribution in [0.2, 0.25) is 0 Å². The Morgan fingerprint density at radius 2 is 1.01 bits per heavy atom. The summed E-state index contributed by atoms with van der Waals surface area (Å²) in [6.45, 7) is 22.9. The van der Waals surface area contributed by atoms with Gasteiger partial charge in [0.1, 0.15) is 0 Å². The number of nitrogens with zero attached hydrogens (tertiary/aromatic N) is 2. The highest BCUT2D eigenvalue weighted by molar-refractivity contribution is 7.33. The lowest BCUT2D eigenvalue weighted by Crippen LogP contribution is -2.60. The Hall–Kier alpha value is -7.40. The number of fused-ring (bicyclic) bond motifs is 16. The first kappa shape index (κ1) is 44.3. The van der Waals surface area contributed by atoms with Gasteiger partial charge in [0.2, 0.25) is 0 Å². The number of thiophene rings is 1. The van der Waals surface area contributed by atoms with E-state index in [0.717, 1.165) is 0 Å². The van der Waals surface area contributed by atoms with E-state index in [-0.39, 0.29) is 17.5 Å². The zero-order valence-corrected chi connectivity index (χ0v) is 44.4. The van der Waals surface area contributed by atoms with E-state index in [1.54, 1.807) is 0 Å². The summed E-state index contributed by atoms with van der Waals surface area (Å²) in [7, 11) is 0. The first-order chi connectivity index (χ1) is 35.1. The molecule has 0 amide bonds. The Balaban J connectivity index is 1.09. The molecule has 3 heterocycles. The smallest absolute Gasteiger partial charge is 0.264 e. The Kier molecular flexibility index (Phi) is 9.30. The van der Waals surface area contributed by atoms with Gasteiger partial charge in [0.15, 0.2) is 0 Å². The molecule has 2 aliphatic heterocycles. The highest BCUT2D eigenvalue weighted by Crippen LogP contribution is 2.64. The molecule has 0 unspecified atom stereocenters. The van der Waals surface area contributed by atoms with Crippen molar-refractivity contribution in [2.24, 2.45) is 0 Å². The van der Waals surface area contributed by atoms with Gasteiger partial charge in [-0.2, -0.15) is 0 Å². The Morgan fingerprint density at radius 3 is 1.63 bits per heavy atom. The molecule has 0 fully saturated rings. The molecular weight excluding hydrogens is 900 g/mol. The van der Waals surface area contributed by atoms with E-state index in [1.807, 2.05) is 11.3 Å². The van der Waals surface area contributed by atoms with Crippen LogP contribution in [0.4, 0.5) is 34.1 Å². The average molecular weight is 959 g/mol. The van der Waals surface area contributed by atoms with Crippen LogP contribution in [0.3, 0.4) is 0 Å². The third kappa shape index (κ3) is 6.17. The molecule has 1 aromatic heterocycles. The minimum atomic E-state index is -0.428. The molecule has 2 aliphatic carbocycles. The largest absolute Gasteiger partial charge is 0.311 e. The van der Waals surface area contributed by atoms with Gasteiger partial charge in [0, 0.05) is 43.3 Å². The van der Waals surface area contributed by atoms with Crippen LogP contribution in [0.5, 0.6) is 0 Å². The van der Waals surface area contributed by atoms with Gasteiger partial charge in [-0.3, -0.25) is 0 Å². The maximum atomic E-state index is 2.65. The molecule has 2 nitrogen and oxygen atoms in total. The third-order valence-electron chi connectivity index (χ3n) is 16.9. The third-order valence-corrected chi connectivity index (χ3v) is 18.1. The number of hydrogen-bond acceptors (Lipinski definition) is 3. The molecule has 0 atom stereocenters. The molecule has 0 bridgehead atoms. The van der Waals surface area contributed by atoms with E-state index in [1.165, 1.54) is 149 Å². The van der Waals surface area contributed by atoms with Gasteiger partial charge in [0.25, 0.3) is 6.71 Å². The lowest BCUT2D eigenvalue weighted by Gasteiger charge is -2.43. The predicted octanol–water partition coefficient (Wildman–Crippen LogP) is 16.8. The van der Waals surface area contributed by atoms with Crippen molar-refractivity contribution in [2.45, 2.75) is 85.5 Å². The van der Waals surface area contributed by atoms with Crippen LogP contribution < -0.4 is 25.5 Å². The summed E-state index contributed by atoms with van der Waals surface area (Å²) in [5.74, 6) is 0. The zero-order chi connectivity index (χ0) is 50.0. The van der Waals surface area contributed by atoms with Crippen LogP contribution in [0.15, 0.2) is 176 Å². The van der Waals surface area contributed by atoms with E-state index < -0.39 is 5.41 Å². The highest BCUT2D eigenvalue weighted by atomic mass is 32.1. The van der Waals surface area contributed by atoms with Gasteiger partial charge in [-0.15, -0.1) is 11.3 Å². The number of anilines is 6. The van der Waals surface area contributed by atoms with Crippen LogP contribution in [-0.4, -0.2) is 6.71 Å². The van der Waals surface area contributed by atoms with Crippen LogP contribution in [0, 0.1) is 27.7 Å². The molecule has 73 heavy (non-hydrogen) atoms. The Morgan fingerprint density at radius 1 is 0.452 bits per heavy atom. The van der Waals surface area contributed by atoms with Gasteiger partial charge in [-0.1, -0.05) is 168 Å². The maximum absolute atomic E-state index is 2.65. The normalized spacial score (nSPS) is 14.5. The summed E-state index contributed by atoms with van der Waals surface area (Å²) in [4.78, 5) is 5.24. The van der Waals surface area contributed by atoms with E-state index in [9.17, 15) is 0 Å². The number of aryl methyl sites for hydroxylation is 4. The van der Waals surface area contributed by atoms with Crippen molar-refractivity contribution < 1.29 is 0 Å². The van der Waals surface area contributed by atoms with Gasteiger partial charge in [-0.05, 0) is 187 Å². The fourth-order valence-corrected chi connectivity index (χ4v) is 14.9. The Labute approximate surface area is 435 Å². The molecule has 1 spiro atoms. The van der Waals surface area contributed by atoms with Gasteiger partial charge >= 0.3 is 0 Å². The lowest BCUT2D eigenvalue weighted by atomic mass is 9.36. The summed E-state index contributed by atoms with van der Waals surface area (Å²) >= 11 is 2.01. The second-order valence-electron chi connectivity index (χ2n) is 23.6. The molecule has 14 rings (SSSR count). The molecule has 0 saturated carbocycles. The minimum absolute atomic E-state index is 0.00174. The molecular formula is C69H59BN2S. The van der Waals surface area contributed by atoms with Crippen molar-refractivity contribution in [3.8, 4) is 33.4 Å². The topological polar surface area (TPSA) is 6.48 Å². The maximum Gasteiger partial charge on any atom is 0.264 e. The van der Waals surface area contributed by atoms with Gasteiger partial charge in [0.05, 0.1) is 11.1 Å². The van der Waals surface area contributed by atoms with Gasteiger partial charge in [-0.25, -0.2) is 0 Å². The lowest BCUT2D eigenvalue weighted by molar-refractivity contribution is 0.590. The molecule has 4 heteroatoms. The quantitative estimate of drug-likeness (QED) is 0.163. The van der Waals surface area contributed by atoms with Crippen molar-refractivity contribution in [2.75, 3.05) is 9.80 Å². The fourth-order valence-electron chi connectivity index (χ4n) is 13.5. The molecule has 10 aromatic rings. The second-order valence-corrected chi connectivity index (χ2v) is 24.6. The SMILES string of the molecule is Cc1cc2c3c(c1)N(c1ccc(C(C)(C)C)cc1)c1c(sc4cc5c(cc14)-c1ccc(C)cc1C51c4ccccc4-c4ccccc41)B3c1ccc(-c3c(C)cccc3C)cc1N2c1ccc(C(C)(C)C)cc1. The van der Waals surface area contributed by atoms with Crippen LogP contribution in [-0.2, 0) is 16.2 Å². The van der Waals surface area contributed by atoms with Crippen LogP contribution in [0.1, 0.15) is 97.2 Å². The molecule has 0 radical (unpaired) electrons. The molecule has 0 saturated heterocycles. The van der Waals surface area contributed by atoms with E-state index in [2.05, 4.69) is 255 Å².